The van der Waals surface area contributed by atoms with Crippen molar-refractivity contribution in [3.8, 4) is 0 Å². The third kappa shape index (κ3) is 45.4. The second kappa shape index (κ2) is 17.7. The van der Waals surface area contributed by atoms with Crippen LogP contribution in [0.25, 0.3) is 0 Å². The van der Waals surface area contributed by atoms with Gasteiger partial charge in [-0.05, 0) is 0 Å². The van der Waals surface area contributed by atoms with E-state index in [4.69, 9.17) is 19.8 Å². The summed E-state index contributed by atoms with van der Waals surface area (Å²) in [5, 5.41) is 18.2. The van der Waals surface area contributed by atoms with E-state index in [1.54, 1.807) is 0 Å². The van der Waals surface area contributed by atoms with E-state index in [-0.39, 0.29) is 43.2 Å². The third-order valence-corrected chi connectivity index (χ3v) is 0.655. The average Bonchev–Trinajstić information content (AvgIpc) is 1.89. The molecule has 5 nitrogen and oxygen atoms in total. The summed E-state index contributed by atoms with van der Waals surface area (Å²) in [4.78, 5) is 18.2. The smallest absolute Gasteiger partial charge is 0.549 e. The van der Waals surface area contributed by atoms with Crippen molar-refractivity contribution in [1.29, 1.82) is 0 Å². The topological polar surface area (TPSA) is 112 Å². The Morgan fingerprint density at radius 3 is 1.08 bits per heavy atom. The molecule has 12 heavy (non-hydrogen) atoms. The van der Waals surface area contributed by atoms with Gasteiger partial charge in [0.15, 0.2) is 0 Å². The van der Waals surface area contributed by atoms with Gasteiger partial charge in [0.25, 0.3) is 0 Å². The van der Waals surface area contributed by atoms with Crippen molar-refractivity contribution in [3.63, 3.8) is 0 Å². The van der Waals surface area contributed by atoms with Crippen LogP contribution in [0.5, 0.6) is 0 Å². The molecule has 0 aliphatic rings. The molecular formula is C4H6CaCl2O5. The third-order valence-electron chi connectivity index (χ3n) is 0.218. The first-order valence-corrected chi connectivity index (χ1v) is 3.13. The summed E-state index contributed by atoms with van der Waals surface area (Å²) in [6.45, 7) is 0. The van der Waals surface area contributed by atoms with Crippen LogP contribution in [0.15, 0.2) is 0 Å². The van der Waals surface area contributed by atoms with Crippen molar-refractivity contribution >= 4 is 72.9 Å². The van der Waals surface area contributed by atoms with Crippen LogP contribution in [-0.4, -0.2) is 66.9 Å². The maximum atomic E-state index is 9.12. The van der Waals surface area contributed by atoms with Gasteiger partial charge in [0.1, 0.15) is 0 Å². The van der Waals surface area contributed by atoms with Gasteiger partial charge in [-0.25, -0.2) is 0 Å². The number of hydrogen-bond acceptors (Lipinski definition) is 4. The molecule has 0 aliphatic carbocycles. The maximum absolute atomic E-state index is 9.12. The van der Waals surface area contributed by atoms with Gasteiger partial charge >= 0.3 is 37.7 Å². The Morgan fingerprint density at radius 2 is 1.08 bits per heavy atom. The minimum Gasteiger partial charge on any atom is -0.549 e. The number of hydrogen-bond donors (Lipinski definition) is 0. The summed E-state index contributed by atoms with van der Waals surface area (Å²) in [6, 6.07) is 0. The number of carbonyl (C=O) groups is 2. The summed E-state index contributed by atoms with van der Waals surface area (Å²) in [6.07, 6.45) is 0. The van der Waals surface area contributed by atoms with Gasteiger partial charge in [0, 0.05) is 0 Å². The molecule has 0 aliphatic heterocycles. The molecule has 0 amide bonds. The molecule has 2 N–H and O–H groups in total. The molecule has 0 radical (unpaired) electrons. The van der Waals surface area contributed by atoms with Crippen molar-refractivity contribution < 1.29 is 25.3 Å². The number of aliphatic carboxylic acids is 2. The van der Waals surface area contributed by atoms with Gasteiger partial charge in [-0.15, -0.1) is 23.2 Å². The van der Waals surface area contributed by atoms with Crippen LogP contribution in [0.2, 0.25) is 0 Å². The van der Waals surface area contributed by atoms with Crippen molar-refractivity contribution in [2.75, 3.05) is 11.8 Å². The van der Waals surface area contributed by atoms with Gasteiger partial charge in [0.2, 0.25) is 0 Å². The average molecular weight is 245 g/mol. The molecule has 0 aromatic carbocycles. The van der Waals surface area contributed by atoms with Crippen LogP contribution in [0.4, 0.5) is 0 Å². The second-order valence-corrected chi connectivity index (χ2v) is 1.55. The molecule has 8 heteroatoms. The van der Waals surface area contributed by atoms with E-state index < -0.39 is 23.7 Å². The number of carboxylic acids is 2. The molecule has 0 saturated carbocycles. The van der Waals surface area contributed by atoms with Crippen molar-refractivity contribution in [2.45, 2.75) is 0 Å². The van der Waals surface area contributed by atoms with E-state index in [9.17, 15) is 0 Å². The van der Waals surface area contributed by atoms with E-state index in [1.165, 1.54) is 0 Å². The van der Waals surface area contributed by atoms with Crippen molar-refractivity contribution in [3.05, 3.63) is 0 Å². The summed E-state index contributed by atoms with van der Waals surface area (Å²) in [7, 11) is 0. The summed E-state index contributed by atoms with van der Waals surface area (Å²) < 4.78 is 0. The van der Waals surface area contributed by atoms with E-state index in [1.807, 2.05) is 0 Å². The predicted molar refractivity (Wildman–Crippen MR) is 40.8 cm³/mol. The molecule has 0 saturated heterocycles. The summed E-state index contributed by atoms with van der Waals surface area (Å²) >= 11 is 9.35. The molecule has 0 aromatic heterocycles. The zero-order valence-corrected chi connectivity index (χ0v) is 9.73. The fourth-order valence-electron chi connectivity index (χ4n) is 0. The van der Waals surface area contributed by atoms with E-state index in [0.717, 1.165) is 0 Å². The molecule has 0 heterocycles. The van der Waals surface area contributed by atoms with Crippen molar-refractivity contribution in [1.82, 2.24) is 0 Å². The van der Waals surface area contributed by atoms with Crippen LogP contribution >= 0.6 is 23.2 Å². The van der Waals surface area contributed by atoms with Gasteiger partial charge in [-0.2, -0.15) is 0 Å². The van der Waals surface area contributed by atoms with Crippen LogP contribution in [0, 0.1) is 0 Å². The molecule has 68 valence electrons. The molecule has 0 bridgehead atoms. The Bertz CT molecular complexity index is 106. The quantitative estimate of drug-likeness (QED) is 0.375. The Kier molecular flexibility index (Phi) is 34.0. The SMILES string of the molecule is O.O=C([O-])CCl.O=C([O-])CCl.[Ca+2]. The number of rotatable bonds is 2. The first-order chi connectivity index (χ1) is 4.54. The monoisotopic (exact) mass is 244 g/mol. The van der Waals surface area contributed by atoms with Gasteiger partial charge in [-0.3, -0.25) is 0 Å². The van der Waals surface area contributed by atoms with E-state index in [2.05, 4.69) is 23.2 Å². The molecule has 0 atom stereocenters. The minimum atomic E-state index is -1.23. The Labute approximate surface area is 109 Å². The molecule has 0 unspecified atom stereocenters. The number of carboxylic acid groups (broad SMARTS) is 2. The van der Waals surface area contributed by atoms with Crippen LogP contribution in [-0.2, 0) is 9.59 Å². The zero-order chi connectivity index (χ0) is 8.57. The molecule has 0 rings (SSSR count). The normalized spacial score (nSPS) is 6.17. The zero-order valence-electron chi connectivity index (χ0n) is 6.01. The fourth-order valence-corrected chi connectivity index (χ4v) is 0. The Balaban J connectivity index is -0.0000000457. The van der Waals surface area contributed by atoms with Gasteiger partial charge < -0.3 is 25.3 Å². The van der Waals surface area contributed by atoms with Gasteiger partial charge in [-0.1, -0.05) is 0 Å². The first kappa shape index (κ1) is 23.0. The largest absolute Gasteiger partial charge is 2.00 e. The molecule has 0 spiro atoms. The second-order valence-electron chi connectivity index (χ2n) is 1.01. The summed E-state index contributed by atoms with van der Waals surface area (Å²) in [5.41, 5.74) is 0. The van der Waals surface area contributed by atoms with Crippen molar-refractivity contribution in [2.24, 2.45) is 0 Å². The Morgan fingerprint density at radius 1 is 1.00 bits per heavy atom. The van der Waals surface area contributed by atoms with Gasteiger partial charge in [0.05, 0.1) is 23.7 Å². The molecular weight excluding hydrogens is 239 g/mol. The minimum absolute atomic E-state index is 0. The standard InChI is InChI=1S/2C2H3ClO2.Ca.H2O/c2*3-1-2(4)5;;/h2*1H2,(H,4,5);;1H2/q;;+2;/p-2. The number of alkyl halides is 2. The van der Waals surface area contributed by atoms with E-state index in [0.29, 0.717) is 0 Å². The Hall–Kier alpha value is 0.740. The first-order valence-electron chi connectivity index (χ1n) is 2.06. The van der Waals surface area contributed by atoms with Crippen LogP contribution in [0.3, 0.4) is 0 Å². The number of carbonyl (C=O) groups excluding carboxylic acids is 2. The maximum Gasteiger partial charge on any atom is 2.00 e. The summed E-state index contributed by atoms with van der Waals surface area (Å²) in [5.74, 6) is -3.29. The molecule has 0 aromatic rings. The van der Waals surface area contributed by atoms with Crippen LogP contribution in [0.1, 0.15) is 0 Å². The molecule has 0 fully saturated rings. The predicted octanol–water partition coefficient (Wildman–Crippen LogP) is -3.26. The fraction of sp³-hybridized carbons (Fsp3) is 0.500. The van der Waals surface area contributed by atoms with Crippen LogP contribution < -0.4 is 10.2 Å². The number of halogens is 2. The van der Waals surface area contributed by atoms with E-state index >= 15 is 0 Å².